The van der Waals surface area contributed by atoms with Gasteiger partial charge in [-0.2, -0.15) is 0 Å². The standard InChI is InChI=1S/C17H27N5O2/c1-11-8-22(9-12(2)24-11)16-14-10-21(17(23)20(4)5)7-6-15(14)18-13(3)19-16/h11-12H,6-10H2,1-5H3. The molecule has 2 unspecified atom stereocenters. The number of morpholine rings is 1. The van der Waals surface area contributed by atoms with Crippen LogP contribution >= 0.6 is 0 Å². The lowest BCUT2D eigenvalue weighted by atomic mass is 10.0. The quantitative estimate of drug-likeness (QED) is 0.778. The topological polar surface area (TPSA) is 61.8 Å². The molecule has 2 aliphatic rings. The maximum Gasteiger partial charge on any atom is 0.319 e. The molecule has 0 spiro atoms. The SMILES string of the molecule is Cc1nc2c(c(N3CC(C)OC(C)C3)n1)CN(C(=O)N(C)C)CC2. The summed E-state index contributed by atoms with van der Waals surface area (Å²) >= 11 is 0. The highest BCUT2D eigenvalue weighted by molar-refractivity contribution is 5.74. The number of urea groups is 1. The predicted molar refractivity (Wildman–Crippen MR) is 92.2 cm³/mol. The van der Waals surface area contributed by atoms with Crippen molar-refractivity contribution in [2.75, 3.05) is 38.6 Å². The smallest absolute Gasteiger partial charge is 0.319 e. The molecule has 1 fully saturated rings. The normalized spacial score (nSPS) is 23.9. The zero-order valence-electron chi connectivity index (χ0n) is 15.2. The second-order valence-corrected chi connectivity index (χ2v) is 7.03. The first-order valence-electron chi connectivity index (χ1n) is 8.58. The molecular formula is C17H27N5O2. The number of ether oxygens (including phenoxy) is 1. The van der Waals surface area contributed by atoms with Crippen LogP contribution in [0.25, 0.3) is 0 Å². The maximum absolute atomic E-state index is 12.3. The van der Waals surface area contributed by atoms with E-state index in [4.69, 9.17) is 9.72 Å². The van der Waals surface area contributed by atoms with Crippen LogP contribution < -0.4 is 4.90 Å². The first kappa shape index (κ1) is 17.0. The first-order chi connectivity index (χ1) is 11.3. The Morgan fingerprint density at radius 3 is 2.50 bits per heavy atom. The second-order valence-electron chi connectivity index (χ2n) is 7.03. The van der Waals surface area contributed by atoms with E-state index < -0.39 is 0 Å². The van der Waals surface area contributed by atoms with E-state index in [0.717, 1.165) is 42.4 Å². The molecule has 0 N–H and O–H groups in total. The zero-order chi connectivity index (χ0) is 17.4. The van der Waals surface area contributed by atoms with E-state index >= 15 is 0 Å². The molecule has 2 atom stereocenters. The van der Waals surface area contributed by atoms with Crippen LogP contribution in [0.5, 0.6) is 0 Å². The van der Waals surface area contributed by atoms with Gasteiger partial charge in [-0.1, -0.05) is 0 Å². The van der Waals surface area contributed by atoms with Gasteiger partial charge in [0.15, 0.2) is 0 Å². The Balaban J connectivity index is 1.93. The molecule has 7 heteroatoms. The van der Waals surface area contributed by atoms with Gasteiger partial charge in [-0.05, 0) is 20.8 Å². The maximum atomic E-state index is 12.3. The van der Waals surface area contributed by atoms with Crippen molar-refractivity contribution in [1.82, 2.24) is 19.8 Å². The molecule has 0 bridgehead atoms. The molecule has 0 aromatic carbocycles. The van der Waals surface area contributed by atoms with E-state index in [1.54, 1.807) is 19.0 Å². The second kappa shape index (κ2) is 6.55. The van der Waals surface area contributed by atoms with Crippen LogP contribution in [0.4, 0.5) is 10.6 Å². The average Bonchev–Trinajstić information content (AvgIpc) is 2.51. The molecule has 1 aromatic rings. The Morgan fingerprint density at radius 2 is 1.88 bits per heavy atom. The molecule has 2 amide bonds. The van der Waals surface area contributed by atoms with Crippen LogP contribution in [0.2, 0.25) is 0 Å². The van der Waals surface area contributed by atoms with Gasteiger partial charge in [0.2, 0.25) is 0 Å². The van der Waals surface area contributed by atoms with Crippen molar-refractivity contribution in [2.24, 2.45) is 0 Å². The molecule has 3 rings (SSSR count). The summed E-state index contributed by atoms with van der Waals surface area (Å²) < 4.78 is 5.85. The number of carbonyl (C=O) groups is 1. The van der Waals surface area contributed by atoms with Gasteiger partial charge in [0.1, 0.15) is 11.6 Å². The fourth-order valence-electron chi connectivity index (χ4n) is 3.58. The van der Waals surface area contributed by atoms with Gasteiger partial charge in [0, 0.05) is 45.7 Å². The van der Waals surface area contributed by atoms with Gasteiger partial charge in [0.05, 0.1) is 24.4 Å². The van der Waals surface area contributed by atoms with Crippen LogP contribution in [-0.2, 0) is 17.7 Å². The monoisotopic (exact) mass is 333 g/mol. The van der Waals surface area contributed by atoms with Crippen LogP contribution in [0.1, 0.15) is 30.9 Å². The van der Waals surface area contributed by atoms with Crippen molar-refractivity contribution in [3.05, 3.63) is 17.1 Å². The largest absolute Gasteiger partial charge is 0.372 e. The number of hydrogen-bond donors (Lipinski definition) is 0. The molecule has 0 radical (unpaired) electrons. The van der Waals surface area contributed by atoms with Crippen molar-refractivity contribution in [1.29, 1.82) is 0 Å². The van der Waals surface area contributed by atoms with Crippen molar-refractivity contribution < 1.29 is 9.53 Å². The predicted octanol–water partition coefficient (Wildman–Crippen LogP) is 1.44. The molecule has 0 aliphatic carbocycles. The number of anilines is 1. The Labute approximate surface area is 143 Å². The highest BCUT2D eigenvalue weighted by Gasteiger charge is 2.30. The van der Waals surface area contributed by atoms with E-state index in [0.29, 0.717) is 13.1 Å². The fraction of sp³-hybridized carbons (Fsp3) is 0.706. The van der Waals surface area contributed by atoms with Gasteiger partial charge >= 0.3 is 6.03 Å². The molecule has 24 heavy (non-hydrogen) atoms. The number of fused-ring (bicyclic) bond motifs is 1. The summed E-state index contributed by atoms with van der Waals surface area (Å²) in [5.74, 6) is 1.76. The minimum Gasteiger partial charge on any atom is -0.372 e. The van der Waals surface area contributed by atoms with E-state index in [2.05, 4.69) is 23.7 Å². The Hall–Kier alpha value is -1.89. The van der Waals surface area contributed by atoms with Crippen molar-refractivity contribution >= 4 is 11.8 Å². The number of hydrogen-bond acceptors (Lipinski definition) is 5. The van der Waals surface area contributed by atoms with Crippen LogP contribution in [-0.4, -0.2) is 71.7 Å². The zero-order valence-corrected chi connectivity index (χ0v) is 15.2. The molecule has 1 aromatic heterocycles. The lowest BCUT2D eigenvalue weighted by Gasteiger charge is -2.39. The van der Waals surface area contributed by atoms with Gasteiger partial charge < -0.3 is 19.4 Å². The van der Waals surface area contributed by atoms with Crippen LogP contribution in [0.15, 0.2) is 0 Å². The van der Waals surface area contributed by atoms with Gasteiger partial charge in [-0.15, -0.1) is 0 Å². The van der Waals surface area contributed by atoms with E-state index in [1.165, 1.54) is 0 Å². The Morgan fingerprint density at radius 1 is 1.21 bits per heavy atom. The third kappa shape index (κ3) is 3.31. The van der Waals surface area contributed by atoms with Crippen LogP contribution in [0.3, 0.4) is 0 Å². The minimum absolute atomic E-state index is 0.0379. The molecule has 0 saturated carbocycles. The molecule has 1 saturated heterocycles. The fourth-order valence-corrected chi connectivity index (χ4v) is 3.58. The molecule has 7 nitrogen and oxygen atoms in total. The molecular weight excluding hydrogens is 306 g/mol. The van der Waals surface area contributed by atoms with E-state index in [-0.39, 0.29) is 18.2 Å². The van der Waals surface area contributed by atoms with Crippen molar-refractivity contribution in [2.45, 2.75) is 45.9 Å². The number of nitrogens with zero attached hydrogens (tertiary/aromatic N) is 5. The van der Waals surface area contributed by atoms with Gasteiger partial charge in [-0.25, -0.2) is 14.8 Å². The lowest BCUT2D eigenvalue weighted by molar-refractivity contribution is -0.00558. The number of carbonyl (C=O) groups excluding carboxylic acids is 1. The number of amides is 2. The molecule has 3 heterocycles. The van der Waals surface area contributed by atoms with E-state index in [9.17, 15) is 4.79 Å². The summed E-state index contributed by atoms with van der Waals surface area (Å²) in [5, 5.41) is 0. The first-order valence-corrected chi connectivity index (χ1v) is 8.58. The van der Waals surface area contributed by atoms with E-state index in [1.807, 2.05) is 11.8 Å². The highest BCUT2D eigenvalue weighted by atomic mass is 16.5. The minimum atomic E-state index is 0.0379. The third-order valence-corrected chi connectivity index (χ3v) is 4.52. The van der Waals surface area contributed by atoms with Crippen LogP contribution in [0, 0.1) is 6.92 Å². The third-order valence-electron chi connectivity index (χ3n) is 4.52. The summed E-state index contributed by atoms with van der Waals surface area (Å²) in [6.45, 7) is 9.02. The summed E-state index contributed by atoms with van der Waals surface area (Å²) in [5.41, 5.74) is 2.16. The molecule has 2 aliphatic heterocycles. The highest BCUT2D eigenvalue weighted by Crippen LogP contribution is 2.29. The summed E-state index contributed by atoms with van der Waals surface area (Å²) in [6.07, 6.45) is 1.12. The lowest BCUT2D eigenvalue weighted by Crippen LogP contribution is -2.47. The van der Waals surface area contributed by atoms with Crippen molar-refractivity contribution in [3.63, 3.8) is 0 Å². The summed E-state index contributed by atoms with van der Waals surface area (Å²) in [4.78, 5) is 27.5. The van der Waals surface area contributed by atoms with Gasteiger partial charge in [-0.3, -0.25) is 0 Å². The van der Waals surface area contributed by atoms with Gasteiger partial charge in [0.25, 0.3) is 0 Å². The summed E-state index contributed by atoms with van der Waals surface area (Å²) in [7, 11) is 3.57. The Bertz CT molecular complexity index is 624. The number of rotatable bonds is 1. The molecule has 132 valence electrons. The summed E-state index contributed by atoms with van der Waals surface area (Å²) in [6, 6.07) is 0.0379. The Kier molecular flexibility index (Phi) is 4.62. The number of aryl methyl sites for hydroxylation is 1. The number of aromatic nitrogens is 2. The average molecular weight is 333 g/mol. The van der Waals surface area contributed by atoms with Crippen molar-refractivity contribution in [3.8, 4) is 0 Å².